The van der Waals surface area contributed by atoms with E-state index in [1.54, 1.807) is 0 Å². The Bertz CT molecular complexity index is 443. The number of nitrogens with two attached hydrogens (primary N) is 1. The topological polar surface area (TPSA) is 84.2 Å². The van der Waals surface area contributed by atoms with E-state index < -0.39 is 6.04 Å². The minimum Gasteiger partial charge on any atom is -0.354 e. The highest BCUT2D eigenvalue weighted by Crippen LogP contribution is 2.18. The minimum atomic E-state index is -0.687. The van der Waals surface area contributed by atoms with Gasteiger partial charge in [-0.1, -0.05) is 30.3 Å². The van der Waals surface area contributed by atoms with Crippen molar-refractivity contribution < 1.29 is 9.59 Å². The molecule has 2 amide bonds. The third-order valence-corrected chi connectivity index (χ3v) is 3.03. The molecule has 1 saturated carbocycles. The van der Waals surface area contributed by atoms with Gasteiger partial charge in [0.2, 0.25) is 11.8 Å². The number of amides is 2. The first-order valence-corrected chi connectivity index (χ1v) is 6.54. The van der Waals surface area contributed by atoms with Gasteiger partial charge in [0.05, 0.1) is 0 Å². The van der Waals surface area contributed by atoms with Crippen LogP contribution in [0.2, 0.25) is 0 Å². The summed E-state index contributed by atoms with van der Waals surface area (Å²) >= 11 is 0. The quantitative estimate of drug-likeness (QED) is 0.696. The maximum atomic E-state index is 11.8. The number of nitrogens with one attached hydrogen (secondary N) is 2. The van der Waals surface area contributed by atoms with Gasteiger partial charge in [0.15, 0.2) is 0 Å². The van der Waals surface area contributed by atoms with Crippen molar-refractivity contribution in [2.45, 2.75) is 31.3 Å². The molecule has 1 aromatic rings. The molecule has 2 rings (SSSR count). The molecule has 102 valence electrons. The van der Waals surface area contributed by atoms with Gasteiger partial charge in [-0.05, 0) is 18.4 Å². The molecule has 0 aromatic heterocycles. The zero-order chi connectivity index (χ0) is 13.7. The Kier molecular flexibility index (Phi) is 4.52. The number of benzene rings is 1. The van der Waals surface area contributed by atoms with Gasteiger partial charge >= 0.3 is 0 Å². The maximum absolute atomic E-state index is 11.8. The van der Waals surface area contributed by atoms with Crippen molar-refractivity contribution in [1.29, 1.82) is 0 Å². The van der Waals surface area contributed by atoms with Crippen LogP contribution in [0.4, 0.5) is 0 Å². The van der Waals surface area contributed by atoms with Gasteiger partial charge in [-0.3, -0.25) is 9.59 Å². The summed E-state index contributed by atoms with van der Waals surface area (Å²) in [5.74, 6) is -0.276. The van der Waals surface area contributed by atoms with E-state index in [9.17, 15) is 9.59 Å². The van der Waals surface area contributed by atoms with Crippen molar-refractivity contribution in [1.82, 2.24) is 10.6 Å². The first kappa shape index (κ1) is 13.5. The van der Waals surface area contributed by atoms with Gasteiger partial charge in [-0.2, -0.15) is 0 Å². The summed E-state index contributed by atoms with van der Waals surface area (Å²) < 4.78 is 0. The van der Waals surface area contributed by atoms with Crippen LogP contribution in [0.1, 0.15) is 30.9 Å². The zero-order valence-corrected chi connectivity index (χ0v) is 10.8. The molecule has 5 nitrogen and oxygen atoms in total. The van der Waals surface area contributed by atoms with Crippen LogP contribution in [-0.2, 0) is 9.59 Å². The van der Waals surface area contributed by atoms with Gasteiger partial charge in [-0.25, -0.2) is 0 Å². The highest BCUT2D eigenvalue weighted by molar-refractivity contribution is 5.83. The Morgan fingerprint density at radius 3 is 2.58 bits per heavy atom. The predicted molar refractivity (Wildman–Crippen MR) is 72.2 cm³/mol. The van der Waals surface area contributed by atoms with Crippen molar-refractivity contribution in [3.63, 3.8) is 0 Å². The lowest BCUT2D eigenvalue weighted by molar-refractivity contribution is -0.123. The van der Waals surface area contributed by atoms with Gasteiger partial charge in [0.25, 0.3) is 0 Å². The van der Waals surface area contributed by atoms with Gasteiger partial charge in [0.1, 0.15) is 6.04 Å². The first-order chi connectivity index (χ1) is 9.16. The fourth-order valence-corrected chi connectivity index (χ4v) is 1.75. The van der Waals surface area contributed by atoms with Crippen molar-refractivity contribution >= 4 is 11.8 Å². The predicted octanol–water partition coefficient (Wildman–Crippen LogP) is 0.471. The molecule has 1 aliphatic carbocycles. The molecule has 0 bridgehead atoms. The summed E-state index contributed by atoms with van der Waals surface area (Å²) in [6.07, 6.45) is 2.43. The molecule has 0 saturated heterocycles. The number of hydrogen-bond acceptors (Lipinski definition) is 3. The van der Waals surface area contributed by atoms with E-state index in [1.807, 2.05) is 30.3 Å². The van der Waals surface area contributed by atoms with Crippen LogP contribution in [0.3, 0.4) is 0 Å². The average Bonchev–Trinajstić information content (AvgIpc) is 3.22. The number of carbonyl (C=O) groups excluding carboxylic acids is 2. The molecule has 0 spiro atoms. The smallest absolute Gasteiger partial charge is 0.241 e. The van der Waals surface area contributed by atoms with E-state index in [1.165, 1.54) is 0 Å². The molecular weight excluding hydrogens is 242 g/mol. The average molecular weight is 261 g/mol. The Hall–Kier alpha value is -1.88. The third kappa shape index (κ3) is 4.37. The van der Waals surface area contributed by atoms with Crippen LogP contribution in [0.25, 0.3) is 0 Å². The Labute approximate surface area is 112 Å². The van der Waals surface area contributed by atoms with E-state index >= 15 is 0 Å². The second-order valence-electron chi connectivity index (χ2n) is 4.77. The molecule has 4 N–H and O–H groups in total. The molecule has 1 unspecified atom stereocenters. The lowest BCUT2D eigenvalue weighted by atomic mass is 10.1. The van der Waals surface area contributed by atoms with Crippen LogP contribution >= 0.6 is 0 Å². The molecule has 0 aliphatic heterocycles. The van der Waals surface area contributed by atoms with E-state index in [0.717, 1.165) is 18.4 Å². The van der Waals surface area contributed by atoms with Crippen LogP contribution < -0.4 is 16.4 Å². The molecular formula is C14H19N3O2. The summed E-state index contributed by atoms with van der Waals surface area (Å²) in [6.45, 7) is 0.317. The van der Waals surface area contributed by atoms with Crippen LogP contribution in [-0.4, -0.2) is 24.4 Å². The lowest BCUT2D eigenvalue weighted by Crippen LogP contribution is -2.37. The molecule has 5 heteroatoms. The van der Waals surface area contributed by atoms with Gasteiger partial charge in [0, 0.05) is 19.0 Å². The zero-order valence-electron chi connectivity index (χ0n) is 10.8. The highest BCUT2D eigenvalue weighted by Gasteiger charge is 2.23. The lowest BCUT2D eigenvalue weighted by Gasteiger charge is -2.12. The monoisotopic (exact) mass is 261 g/mol. The fourth-order valence-electron chi connectivity index (χ4n) is 1.75. The van der Waals surface area contributed by atoms with E-state index in [-0.39, 0.29) is 11.8 Å². The Balaban J connectivity index is 1.70. The molecule has 1 aliphatic rings. The maximum Gasteiger partial charge on any atom is 0.241 e. The second kappa shape index (κ2) is 6.33. The molecule has 1 atom stereocenters. The summed E-state index contributed by atoms with van der Waals surface area (Å²) in [6, 6.07) is 8.84. The summed E-state index contributed by atoms with van der Waals surface area (Å²) in [7, 11) is 0. The van der Waals surface area contributed by atoms with E-state index in [0.29, 0.717) is 19.0 Å². The molecule has 0 heterocycles. The normalized spacial score (nSPS) is 15.6. The number of carbonyl (C=O) groups is 2. The first-order valence-electron chi connectivity index (χ1n) is 6.54. The van der Waals surface area contributed by atoms with Crippen molar-refractivity contribution in [2.24, 2.45) is 5.73 Å². The van der Waals surface area contributed by atoms with Crippen LogP contribution in [0, 0.1) is 0 Å². The Morgan fingerprint density at radius 1 is 1.26 bits per heavy atom. The highest BCUT2D eigenvalue weighted by atomic mass is 16.2. The third-order valence-electron chi connectivity index (χ3n) is 3.03. The van der Waals surface area contributed by atoms with Gasteiger partial charge in [-0.15, -0.1) is 0 Å². The SMILES string of the molecule is NC(C(=O)NCCC(=O)NC1CC1)c1ccccc1. The van der Waals surface area contributed by atoms with E-state index in [4.69, 9.17) is 5.73 Å². The summed E-state index contributed by atoms with van der Waals surface area (Å²) in [5.41, 5.74) is 6.60. The Morgan fingerprint density at radius 2 is 1.95 bits per heavy atom. The van der Waals surface area contributed by atoms with Crippen LogP contribution in [0.5, 0.6) is 0 Å². The minimum absolute atomic E-state index is 0.0175. The fraction of sp³-hybridized carbons (Fsp3) is 0.429. The van der Waals surface area contributed by atoms with Crippen molar-refractivity contribution in [2.75, 3.05) is 6.54 Å². The molecule has 0 radical (unpaired) electrons. The summed E-state index contributed by atoms with van der Waals surface area (Å²) in [5, 5.41) is 5.55. The molecule has 1 aromatic carbocycles. The van der Waals surface area contributed by atoms with Crippen LogP contribution in [0.15, 0.2) is 30.3 Å². The van der Waals surface area contributed by atoms with Crippen molar-refractivity contribution in [3.05, 3.63) is 35.9 Å². The molecule has 1 fully saturated rings. The van der Waals surface area contributed by atoms with E-state index in [2.05, 4.69) is 10.6 Å². The van der Waals surface area contributed by atoms with Gasteiger partial charge < -0.3 is 16.4 Å². The van der Waals surface area contributed by atoms with Crippen molar-refractivity contribution in [3.8, 4) is 0 Å². The summed E-state index contributed by atoms with van der Waals surface area (Å²) in [4.78, 5) is 23.2. The standard InChI is InChI=1S/C14H19N3O2/c15-13(10-4-2-1-3-5-10)14(19)16-9-8-12(18)17-11-6-7-11/h1-5,11,13H,6-9,15H2,(H,16,19)(H,17,18). The number of hydrogen-bond donors (Lipinski definition) is 3. The second-order valence-corrected chi connectivity index (χ2v) is 4.77. The molecule has 19 heavy (non-hydrogen) atoms. The largest absolute Gasteiger partial charge is 0.354 e. The number of rotatable bonds is 6.